The number of nitrogens with zero attached hydrogens (tertiary/aromatic N) is 6. The molecule has 1 N–H and O–H groups in total. The molecule has 8 nitrogen and oxygen atoms in total. The molecule has 0 amide bonds. The van der Waals surface area contributed by atoms with Crippen LogP contribution in [0.4, 0.5) is 24.8 Å². The SMILES string of the molecule is CNC1CCN(c2ccc(-c3ccc4ncc5nnc(N6C[C@@H](C)O[C@@H](C)C6)n5c4c3)cc2C(F)(F)F)CC1. The van der Waals surface area contributed by atoms with Crippen molar-refractivity contribution in [2.24, 2.45) is 0 Å². The highest BCUT2D eigenvalue weighted by molar-refractivity contribution is 5.85. The first-order chi connectivity index (χ1) is 18.7. The van der Waals surface area contributed by atoms with Crippen molar-refractivity contribution in [3.63, 3.8) is 0 Å². The van der Waals surface area contributed by atoms with Crippen LogP contribution < -0.4 is 15.1 Å². The van der Waals surface area contributed by atoms with Crippen LogP contribution in [-0.4, -0.2) is 71.1 Å². The van der Waals surface area contributed by atoms with Gasteiger partial charge in [0, 0.05) is 37.9 Å². The predicted octanol–water partition coefficient (Wildman–Crippen LogP) is 4.77. The van der Waals surface area contributed by atoms with Gasteiger partial charge in [-0.3, -0.25) is 9.38 Å². The third kappa shape index (κ3) is 4.89. The molecule has 39 heavy (non-hydrogen) atoms. The summed E-state index contributed by atoms with van der Waals surface area (Å²) >= 11 is 0. The quantitative estimate of drug-likeness (QED) is 0.401. The van der Waals surface area contributed by atoms with Crippen molar-refractivity contribution in [1.82, 2.24) is 24.9 Å². The molecule has 2 aliphatic heterocycles. The fourth-order valence-electron chi connectivity index (χ4n) is 5.89. The molecule has 2 atom stereocenters. The Kier molecular flexibility index (Phi) is 6.58. The summed E-state index contributed by atoms with van der Waals surface area (Å²) in [5.74, 6) is 0.674. The van der Waals surface area contributed by atoms with Crippen LogP contribution >= 0.6 is 0 Å². The van der Waals surface area contributed by atoms with E-state index in [-0.39, 0.29) is 17.9 Å². The fraction of sp³-hybridized carbons (Fsp3) is 0.464. The molecule has 2 aromatic heterocycles. The molecule has 4 aromatic rings. The molecule has 0 saturated carbocycles. The molecule has 4 heterocycles. The second-order valence-corrected chi connectivity index (χ2v) is 10.6. The van der Waals surface area contributed by atoms with Crippen LogP contribution in [0.5, 0.6) is 0 Å². The molecule has 0 unspecified atom stereocenters. The van der Waals surface area contributed by atoms with E-state index in [0.717, 1.165) is 18.4 Å². The monoisotopic (exact) mass is 539 g/mol. The van der Waals surface area contributed by atoms with Crippen LogP contribution in [0.1, 0.15) is 32.3 Å². The molecule has 0 spiro atoms. The average molecular weight is 540 g/mol. The summed E-state index contributed by atoms with van der Waals surface area (Å²) in [6.45, 7) is 6.54. The molecule has 11 heteroatoms. The third-order valence-electron chi connectivity index (χ3n) is 7.79. The van der Waals surface area contributed by atoms with Crippen LogP contribution in [0.25, 0.3) is 27.8 Å². The Hall–Kier alpha value is -3.44. The van der Waals surface area contributed by atoms with E-state index in [1.165, 1.54) is 6.07 Å². The van der Waals surface area contributed by atoms with Gasteiger partial charge in [-0.15, -0.1) is 10.2 Å². The van der Waals surface area contributed by atoms with Crippen LogP contribution in [-0.2, 0) is 10.9 Å². The van der Waals surface area contributed by atoms with Crippen molar-refractivity contribution in [3.05, 3.63) is 48.2 Å². The molecular weight excluding hydrogens is 507 g/mol. The Morgan fingerprint density at radius 2 is 1.62 bits per heavy atom. The van der Waals surface area contributed by atoms with Gasteiger partial charge in [-0.1, -0.05) is 12.1 Å². The predicted molar refractivity (Wildman–Crippen MR) is 145 cm³/mol. The van der Waals surface area contributed by atoms with Gasteiger partial charge < -0.3 is 19.9 Å². The lowest BCUT2D eigenvalue weighted by Crippen LogP contribution is -2.46. The zero-order chi connectivity index (χ0) is 27.3. The lowest BCUT2D eigenvalue weighted by atomic mass is 9.98. The van der Waals surface area contributed by atoms with Crippen LogP contribution in [0.15, 0.2) is 42.6 Å². The second-order valence-electron chi connectivity index (χ2n) is 10.6. The molecule has 0 bridgehead atoms. The van der Waals surface area contributed by atoms with Gasteiger partial charge in [-0.05, 0) is 69.1 Å². The maximum atomic E-state index is 14.3. The summed E-state index contributed by atoms with van der Waals surface area (Å²) < 4.78 is 50.7. The number of halogens is 3. The minimum absolute atomic E-state index is 0.0353. The molecular formula is C28H32F3N7O. The van der Waals surface area contributed by atoms with Gasteiger partial charge in [0.15, 0.2) is 5.65 Å². The number of aromatic nitrogens is 4. The Bertz CT molecular complexity index is 1490. The normalized spacial score (nSPS) is 21.3. The number of anilines is 2. The lowest BCUT2D eigenvalue weighted by Gasteiger charge is -2.35. The summed E-state index contributed by atoms with van der Waals surface area (Å²) in [4.78, 5) is 8.51. The van der Waals surface area contributed by atoms with Crippen LogP contribution in [0, 0.1) is 0 Å². The number of ether oxygens (including phenoxy) is 1. The number of fused-ring (bicyclic) bond motifs is 3. The van der Waals surface area contributed by atoms with E-state index in [9.17, 15) is 13.2 Å². The number of hydrogen-bond donors (Lipinski definition) is 1. The van der Waals surface area contributed by atoms with Crippen molar-refractivity contribution in [3.8, 4) is 11.1 Å². The Morgan fingerprint density at radius 1 is 0.923 bits per heavy atom. The molecule has 2 saturated heterocycles. The number of morpholine rings is 1. The van der Waals surface area contributed by atoms with E-state index in [1.807, 2.05) is 48.4 Å². The third-order valence-corrected chi connectivity index (χ3v) is 7.79. The fourth-order valence-corrected chi connectivity index (χ4v) is 5.89. The highest BCUT2D eigenvalue weighted by atomic mass is 19.4. The first-order valence-electron chi connectivity index (χ1n) is 13.4. The summed E-state index contributed by atoms with van der Waals surface area (Å²) in [6.07, 6.45) is -1.11. The number of rotatable bonds is 4. The van der Waals surface area contributed by atoms with Gasteiger partial charge in [-0.25, -0.2) is 0 Å². The molecule has 2 aliphatic rings. The van der Waals surface area contributed by atoms with E-state index < -0.39 is 11.7 Å². The minimum atomic E-state index is -4.47. The first-order valence-corrected chi connectivity index (χ1v) is 13.4. The number of alkyl halides is 3. The number of hydrogen-bond acceptors (Lipinski definition) is 7. The highest BCUT2D eigenvalue weighted by Gasteiger charge is 2.36. The maximum absolute atomic E-state index is 14.3. The summed E-state index contributed by atoms with van der Waals surface area (Å²) in [6, 6.07) is 10.5. The smallest absolute Gasteiger partial charge is 0.372 e. The van der Waals surface area contributed by atoms with Gasteiger partial charge in [0.1, 0.15) is 0 Å². The van der Waals surface area contributed by atoms with E-state index in [2.05, 4.69) is 25.4 Å². The topological polar surface area (TPSA) is 70.8 Å². The van der Waals surface area contributed by atoms with Crippen molar-refractivity contribution in [1.29, 1.82) is 0 Å². The number of piperidine rings is 1. The zero-order valence-electron chi connectivity index (χ0n) is 22.2. The minimum Gasteiger partial charge on any atom is -0.372 e. The Morgan fingerprint density at radius 3 is 2.31 bits per heavy atom. The van der Waals surface area contributed by atoms with E-state index >= 15 is 0 Å². The molecule has 2 fully saturated rings. The Labute approximate surface area is 224 Å². The highest BCUT2D eigenvalue weighted by Crippen LogP contribution is 2.40. The average Bonchev–Trinajstić information content (AvgIpc) is 3.36. The van der Waals surface area contributed by atoms with Crippen molar-refractivity contribution in [2.45, 2.75) is 51.1 Å². The number of benzene rings is 2. The van der Waals surface area contributed by atoms with Gasteiger partial charge in [0.05, 0.1) is 35.0 Å². The maximum Gasteiger partial charge on any atom is 0.418 e. The van der Waals surface area contributed by atoms with Crippen LogP contribution in [0.3, 0.4) is 0 Å². The lowest BCUT2D eigenvalue weighted by molar-refractivity contribution is -0.137. The van der Waals surface area contributed by atoms with Gasteiger partial charge >= 0.3 is 6.18 Å². The summed E-state index contributed by atoms with van der Waals surface area (Å²) in [5, 5.41) is 12.0. The first kappa shape index (κ1) is 25.8. The molecule has 2 aromatic carbocycles. The summed E-state index contributed by atoms with van der Waals surface area (Å²) in [5.41, 5.74) is 2.83. The Balaban J connectivity index is 1.42. The number of nitrogens with one attached hydrogen (secondary N) is 1. The second kappa shape index (κ2) is 9.95. The molecule has 0 aliphatic carbocycles. The van der Waals surface area contributed by atoms with E-state index in [1.54, 1.807) is 18.3 Å². The van der Waals surface area contributed by atoms with E-state index in [0.29, 0.717) is 60.5 Å². The van der Waals surface area contributed by atoms with Crippen LogP contribution in [0.2, 0.25) is 0 Å². The van der Waals surface area contributed by atoms with Crippen molar-refractivity contribution >= 4 is 28.3 Å². The molecule has 0 radical (unpaired) electrons. The zero-order valence-corrected chi connectivity index (χ0v) is 22.2. The summed E-state index contributed by atoms with van der Waals surface area (Å²) in [7, 11) is 1.90. The largest absolute Gasteiger partial charge is 0.418 e. The van der Waals surface area contributed by atoms with Gasteiger partial charge in [-0.2, -0.15) is 13.2 Å². The standard InChI is InChI=1S/C28H32F3N7O/c1-17-15-37(16-18(2)39-17)27-35-34-26-14-33-23-6-4-20(13-25(23)38(26)27)19-5-7-24(22(12-19)28(29,30)31)36-10-8-21(32-3)9-11-36/h4-7,12-14,17-18,21,32H,8-11,15-16H2,1-3H3/t17-,18+. The molecule has 6 rings (SSSR count). The van der Waals surface area contributed by atoms with Crippen molar-refractivity contribution in [2.75, 3.05) is 43.0 Å². The molecule has 206 valence electrons. The van der Waals surface area contributed by atoms with Gasteiger partial charge in [0.2, 0.25) is 5.95 Å². The van der Waals surface area contributed by atoms with E-state index in [4.69, 9.17) is 4.74 Å². The van der Waals surface area contributed by atoms with Crippen molar-refractivity contribution < 1.29 is 17.9 Å². The van der Waals surface area contributed by atoms with Gasteiger partial charge in [0.25, 0.3) is 0 Å².